The number of nitrogens with zero attached hydrogens (tertiary/aromatic N) is 1. The van der Waals surface area contributed by atoms with E-state index in [9.17, 15) is 22.8 Å². The van der Waals surface area contributed by atoms with Crippen LogP contribution in [-0.2, 0) is 15.8 Å². The maximum absolute atomic E-state index is 12.5. The summed E-state index contributed by atoms with van der Waals surface area (Å²) in [4.78, 5) is 23.0. The van der Waals surface area contributed by atoms with Crippen molar-refractivity contribution < 1.29 is 27.9 Å². The molecule has 0 spiro atoms. The van der Waals surface area contributed by atoms with E-state index in [0.717, 1.165) is 30.5 Å². The van der Waals surface area contributed by atoms with E-state index in [1.807, 2.05) is 0 Å². The van der Waals surface area contributed by atoms with Gasteiger partial charge >= 0.3 is 12.1 Å². The molecule has 1 rings (SSSR count). The van der Waals surface area contributed by atoms with Gasteiger partial charge in [-0.25, -0.2) is 4.79 Å². The summed E-state index contributed by atoms with van der Waals surface area (Å²) in [5.41, 5.74) is -1.01. The van der Waals surface area contributed by atoms with Gasteiger partial charge in [0.15, 0.2) is 0 Å². The van der Waals surface area contributed by atoms with Crippen molar-refractivity contribution in [2.45, 2.75) is 26.1 Å². The first kappa shape index (κ1) is 20.0. The van der Waals surface area contributed by atoms with E-state index in [1.54, 1.807) is 19.9 Å². The van der Waals surface area contributed by atoms with E-state index in [1.165, 1.54) is 0 Å². The molecule has 1 aromatic carbocycles. The molecule has 25 heavy (non-hydrogen) atoms. The first-order chi connectivity index (χ1) is 11.6. The predicted octanol–water partition coefficient (Wildman–Crippen LogP) is 2.75. The largest absolute Gasteiger partial charge is 0.480 e. The molecule has 0 radical (unpaired) electrons. The monoisotopic (exact) mass is 355 g/mol. The van der Waals surface area contributed by atoms with Gasteiger partial charge in [0.1, 0.15) is 17.7 Å². The van der Waals surface area contributed by atoms with Gasteiger partial charge in [-0.05, 0) is 30.2 Å². The number of carboxylic acids is 1. The average molecular weight is 355 g/mol. The normalized spacial score (nSPS) is 13.1. The lowest BCUT2D eigenvalue weighted by atomic mass is 10.0. The zero-order valence-electron chi connectivity index (χ0n) is 13.4. The number of amides is 1. The van der Waals surface area contributed by atoms with Crippen molar-refractivity contribution >= 4 is 17.6 Å². The molecule has 0 heterocycles. The number of nitrogens with one attached hydrogen (secondary N) is 2. The summed E-state index contributed by atoms with van der Waals surface area (Å²) in [6.07, 6.45) is -3.47. The van der Waals surface area contributed by atoms with Gasteiger partial charge in [-0.2, -0.15) is 18.4 Å². The number of halogens is 3. The molecule has 3 N–H and O–H groups in total. The van der Waals surface area contributed by atoms with Crippen molar-refractivity contribution in [1.82, 2.24) is 5.32 Å². The fraction of sp³-hybridized carbons (Fsp3) is 0.312. The van der Waals surface area contributed by atoms with Gasteiger partial charge in [-0.1, -0.05) is 13.8 Å². The van der Waals surface area contributed by atoms with Gasteiger partial charge in [0, 0.05) is 11.9 Å². The molecular formula is C16H16F3N3O3. The third-order valence-electron chi connectivity index (χ3n) is 3.18. The van der Waals surface area contributed by atoms with Gasteiger partial charge in [0.05, 0.1) is 5.56 Å². The number of aliphatic carboxylic acids is 1. The molecule has 0 aliphatic heterocycles. The number of hydrogen-bond donors (Lipinski definition) is 3. The van der Waals surface area contributed by atoms with E-state index in [4.69, 9.17) is 10.4 Å². The molecule has 0 aromatic heterocycles. The Hall–Kier alpha value is -3.02. The number of benzene rings is 1. The minimum absolute atomic E-state index is 0.229. The Kier molecular flexibility index (Phi) is 6.56. The zero-order chi connectivity index (χ0) is 19.2. The van der Waals surface area contributed by atoms with Crippen molar-refractivity contribution in [2.24, 2.45) is 5.92 Å². The third kappa shape index (κ3) is 5.84. The second kappa shape index (κ2) is 8.19. The fourth-order valence-corrected chi connectivity index (χ4v) is 1.79. The van der Waals surface area contributed by atoms with Crippen molar-refractivity contribution in [3.63, 3.8) is 0 Å². The van der Waals surface area contributed by atoms with E-state index < -0.39 is 41.1 Å². The Morgan fingerprint density at radius 3 is 2.20 bits per heavy atom. The quantitative estimate of drug-likeness (QED) is 0.538. The van der Waals surface area contributed by atoms with Crippen LogP contribution >= 0.6 is 0 Å². The first-order valence-corrected chi connectivity index (χ1v) is 7.14. The van der Waals surface area contributed by atoms with Crippen molar-refractivity contribution in [3.05, 3.63) is 41.6 Å². The Morgan fingerprint density at radius 2 is 1.80 bits per heavy atom. The Bertz CT molecular complexity index is 704. The molecule has 0 bridgehead atoms. The average Bonchev–Trinajstić information content (AvgIpc) is 2.52. The number of carbonyl (C=O) groups is 2. The molecule has 1 unspecified atom stereocenters. The van der Waals surface area contributed by atoms with Gasteiger partial charge in [-0.3, -0.25) is 4.79 Å². The molecule has 1 amide bonds. The van der Waals surface area contributed by atoms with Crippen LogP contribution < -0.4 is 10.6 Å². The number of carbonyl (C=O) groups excluding carboxylic acids is 1. The molecular weight excluding hydrogens is 339 g/mol. The maximum atomic E-state index is 12.5. The van der Waals surface area contributed by atoms with Crippen LogP contribution in [0.15, 0.2) is 36.0 Å². The number of anilines is 1. The molecule has 0 saturated heterocycles. The predicted molar refractivity (Wildman–Crippen MR) is 83.2 cm³/mol. The van der Waals surface area contributed by atoms with E-state index >= 15 is 0 Å². The Labute approximate surface area is 141 Å². The van der Waals surface area contributed by atoms with Crippen LogP contribution in [0.4, 0.5) is 18.9 Å². The van der Waals surface area contributed by atoms with Gasteiger partial charge in [-0.15, -0.1) is 0 Å². The van der Waals surface area contributed by atoms with Gasteiger partial charge in [0.2, 0.25) is 0 Å². The molecule has 1 atom stereocenters. The minimum atomic E-state index is -4.46. The summed E-state index contributed by atoms with van der Waals surface area (Å²) in [6.45, 7) is 3.19. The molecule has 1 aromatic rings. The summed E-state index contributed by atoms with van der Waals surface area (Å²) in [5.74, 6) is -2.54. The SMILES string of the molecule is CC(C)C(NC(=O)/C(C#N)=C\Nc1ccc(C(F)(F)F)cc1)C(=O)O. The highest BCUT2D eigenvalue weighted by atomic mass is 19.4. The van der Waals surface area contributed by atoms with Crippen molar-refractivity contribution in [3.8, 4) is 6.07 Å². The minimum Gasteiger partial charge on any atom is -0.480 e. The maximum Gasteiger partial charge on any atom is 0.416 e. The van der Waals surface area contributed by atoms with Crippen LogP contribution in [-0.4, -0.2) is 23.0 Å². The van der Waals surface area contributed by atoms with E-state index in [0.29, 0.717) is 0 Å². The summed E-state index contributed by atoms with van der Waals surface area (Å²) in [7, 11) is 0. The van der Waals surface area contributed by atoms with Crippen LogP contribution in [0, 0.1) is 17.2 Å². The number of carboxylic acid groups (broad SMARTS) is 1. The van der Waals surface area contributed by atoms with Crippen LogP contribution in [0.3, 0.4) is 0 Å². The lowest BCUT2D eigenvalue weighted by Crippen LogP contribution is -2.44. The second-order valence-corrected chi connectivity index (χ2v) is 5.42. The summed E-state index contributed by atoms with van der Waals surface area (Å²) in [5, 5.41) is 22.8. The molecule has 0 aliphatic carbocycles. The van der Waals surface area contributed by atoms with Crippen molar-refractivity contribution in [2.75, 3.05) is 5.32 Å². The highest BCUT2D eigenvalue weighted by molar-refractivity contribution is 5.99. The molecule has 0 saturated carbocycles. The standard InChI is InChI=1S/C16H16F3N3O3/c1-9(2)13(15(24)25)22-14(23)10(7-20)8-21-12-5-3-11(4-6-12)16(17,18)19/h3-6,8-9,13,21H,1-2H3,(H,22,23)(H,24,25)/b10-8-. The second-order valence-electron chi connectivity index (χ2n) is 5.42. The zero-order valence-corrected chi connectivity index (χ0v) is 13.4. The molecule has 9 heteroatoms. The highest BCUT2D eigenvalue weighted by Gasteiger charge is 2.30. The van der Waals surface area contributed by atoms with Gasteiger partial charge < -0.3 is 15.7 Å². The lowest BCUT2D eigenvalue weighted by molar-refractivity contribution is -0.142. The van der Waals surface area contributed by atoms with Crippen molar-refractivity contribution in [1.29, 1.82) is 5.26 Å². The molecule has 0 aliphatic rings. The van der Waals surface area contributed by atoms with Crippen LogP contribution in [0.5, 0.6) is 0 Å². The molecule has 0 fully saturated rings. The third-order valence-corrected chi connectivity index (χ3v) is 3.18. The first-order valence-electron chi connectivity index (χ1n) is 7.14. The van der Waals surface area contributed by atoms with E-state index in [2.05, 4.69) is 10.6 Å². The van der Waals surface area contributed by atoms with E-state index in [-0.39, 0.29) is 5.69 Å². The fourth-order valence-electron chi connectivity index (χ4n) is 1.79. The topological polar surface area (TPSA) is 102 Å². The number of alkyl halides is 3. The highest BCUT2D eigenvalue weighted by Crippen LogP contribution is 2.29. The molecule has 134 valence electrons. The van der Waals surface area contributed by atoms with Crippen LogP contribution in [0.1, 0.15) is 19.4 Å². The number of nitriles is 1. The smallest absolute Gasteiger partial charge is 0.416 e. The van der Waals surface area contributed by atoms with Crippen LogP contribution in [0.25, 0.3) is 0 Å². The number of hydrogen-bond acceptors (Lipinski definition) is 4. The van der Waals surface area contributed by atoms with Crippen LogP contribution in [0.2, 0.25) is 0 Å². The summed E-state index contributed by atoms with van der Waals surface area (Å²) >= 11 is 0. The van der Waals surface area contributed by atoms with Gasteiger partial charge in [0.25, 0.3) is 5.91 Å². The lowest BCUT2D eigenvalue weighted by Gasteiger charge is -2.17. The Morgan fingerprint density at radius 1 is 1.24 bits per heavy atom. The Balaban J connectivity index is 2.84. The summed E-state index contributed by atoms with van der Waals surface area (Å²) < 4.78 is 37.4. The summed E-state index contributed by atoms with van der Waals surface area (Å²) in [6, 6.07) is 4.41. The molecule has 6 nitrogen and oxygen atoms in total. The number of rotatable bonds is 6.